The summed E-state index contributed by atoms with van der Waals surface area (Å²) in [4.78, 5) is 0. The molecule has 0 aliphatic rings. The van der Waals surface area contributed by atoms with E-state index in [1.165, 1.54) is 0 Å². The number of benzene rings is 2. The Hall–Kier alpha value is -2.67. The van der Waals surface area contributed by atoms with Crippen molar-refractivity contribution < 1.29 is 9.47 Å². The normalized spacial score (nSPS) is 10.0. The average molecular weight is 282 g/mol. The fraction of sp³-hybridized carbons (Fsp3) is 0.235. The summed E-state index contributed by atoms with van der Waals surface area (Å²) >= 11 is 0. The molecule has 0 amide bonds. The predicted molar refractivity (Wildman–Crippen MR) is 82.4 cm³/mol. The Bertz CT molecular complexity index is 703. The molecule has 0 fully saturated rings. The number of nitrogens with two attached hydrogens (primary N) is 1. The van der Waals surface area contributed by atoms with Gasteiger partial charge in [-0.1, -0.05) is 12.1 Å². The van der Waals surface area contributed by atoms with Gasteiger partial charge in [0.05, 0.1) is 12.7 Å². The maximum atomic E-state index is 9.08. The highest BCUT2D eigenvalue weighted by atomic mass is 16.5. The van der Waals surface area contributed by atoms with Crippen molar-refractivity contribution in [2.24, 2.45) is 0 Å². The van der Waals surface area contributed by atoms with Gasteiger partial charge < -0.3 is 15.2 Å². The smallest absolute Gasteiger partial charge is 0.136 e. The van der Waals surface area contributed by atoms with Gasteiger partial charge >= 0.3 is 0 Å². The van der Waals surface area contributed by atoms with Gasteiger partial charge in [-0.25, -0.2) is 0 Å². The van der Waals surface area contributed by atoms with Crippen molar-refractivity contribution in [3.05, 3.63) is 52.6 Å². The second kappa shape index (κ2) is 6.19. The molecule has 2 rings (SSSR count). The third-order valence-electron chi connectivity index (χ3n) is 3.34. The summed E-state index contributed by atoms with van der Waals surface area (Å²) in [6.45, 7) is 4.33. The van der Waals surface area contributed by atoms with Crippen molar-refractivity contribution >= 4 is 5.69 Å². The average Bonchev–Trinajstić information content (AvgIpc) is 2.49. The van der Waals surface area contributed by atoms with Gasteiger partial charge in [-0.3, -0.25) is 0 Å². The molecule has 0 aliphatic carbocycles. The molecule has 0 bridgehead atoms. The van der Waals surface area contributed by atoms with Crippen LogP contribution in [0.1, 0.15) is 22.3 Å². The van der Waals surface area contributed by atoms with Crippen LogP contribution in [-0.2, 0) is 6.61 Å². The second-order valence-corrected chi connectivity index (χ2v) is 4.91. The van der Waals surface area contributed by atoms with Gasteiger partial charge in [0.2, 0.25) is 0 Å². The molecule has 108 valence electrons. The molecule has 0 saturated carbocycles. The van der Waals surface area contributed by atoms with Crippen molar-refractivity contribution in [1.82, 2.24) is 0 Å². The number of anilines is 1. The van der Waals surface area contributed by atoms with Crippen LogP contribution in [0.15, 0.2) is 30.3 Å². The molecule has 0 saturated heterocycles. The Labute approximate surface area is 124 Å². The molecule has 0 spiro atoms. The van der Waals surface area contributed by atoms with Crippen molar-refractivity contribution in [2.45, 2.75) is 20.5 Å². The summed E-state index contributed by atoms with van der Waals surface area (Å²) in [5.74, 6) is 1.32. The Morgan fingerprint density at radius 1 is 1.10 bits per heavy atom. The highest BCUT2D eigenvalue weighted by molar-refractivity contribution is 5.54. The van der Waals surface area contributed by atoms with Gasteiger partial charge in [-0.2, -0.15) is 5.26 Å². The Morgan fingerprint density at radius 2 is 1.86 bits per heavy atom. The van der Waals surface area contributed by atoms with Crippen LogP contribution in [-0.4, -0.2) is 7.11 Å². The van der Waals surface area contributed by atoms with E-state index in [0.717, 1.165) is 22.4 Å². The summed E-state index contributed by atoms with van der Waals surface area (Å²) in [6.07, 6.45) is 0. The molecule has 0 aliphatic heterocycles. The maximum Gasteiger partial charge on any atom is 0.136 e. The summed E-state index contributed by atoms with van der Waals surface area (Å²) < 4.78 is 10.9. The predicted octanol–water partition coefficient (Wildman–Crippen LogP) is 3.34. The minimum atomic E-state index is 0.377. The zero-order valence-corrected chi connectivity index (χ0v) is 12.4. The molecule has 0 unspecified atom stereocenters. The van der Waals surface area contributed by atoms with Crippen LogP contribution in [0.4, 0.5) is 5.69 Å². The third kappa shape index (κ3) is 3.26. The van der Waals surface area contributed by atoms with E-state index in [-0.39, 0.29) is 0 Å². The van der Waals surface area contributed by atoms with E-state index >= 15 is 0 Å². The molecule has 0 radical (unpaired) electrons. The van der Waals surface area contributed by atoms with Crippen LogP contribution in [0.25, 0.3) is 0 Å². The molecule has 21 heavy (non-hydrogen) atoms. The van der Waals surface area contributed by atoms with E-state index in [4.69, 9.17) is 20.5 Å². The minimum Gasteiger partial charge on any atom is -0.495 e. The fourth-order valence-electron chi connectivity index (χ4n) is 2.10. The first-order valence-electron chi connectivity index (χ1n) is 6.61. The van der Waals surface area contributed by atoms with E-state index in [9.17, 15) is 0 Å². The second-order valence-electron chi connectivity index (χ2n) is 4.91. The zero-order chi connectivity index (χ0) is 15.4. The van der Waals surface area contributed by atoms with Crippen LogP contribution >= 0.6 is 0 Å². The molecule has 4 nitrogen and oxygen atoms in total. The van der Waals surface area contributed by atoms with Crippen molar-refractivity contribution in [1.29, 1.82) is 5.26 Å². The first kappa shape index (κ1) is 14.7. The lowest BCUT2D eigenvalue weighted by Gasteiger charge is -2.12. The summed E-state index contributed by atoms with van der Waals surface area (Å²) in [6, 6.07) is 11.4. The first-order chi connectivity index (χ1) is 10.0. The number of hydrogen-bond donors (Lipinski definition) is 1. The number of nitriles is 1. The number of hydrogen-bond acceptors (Lipinski definition) is 4. The lowest BCUT2D eigenvalue weighted by molar-refractivity contribution is 0.304. The van der Waals surface area contributed by atoms with Crippen LogP contribution in [0.5, 0.6) is 11.5 Å². The number of ether oxygens (including phenoxy) is 2. The van der Waals surface area contributed by atoms with E-state index < -0.39 is 0 Å². The van der Waals surface area contributed by atoms with E-state index in [1.807, 2.05) is 32.0 Å². The first-order valence-corrected chi connectivity index (χ1v) is 6.61. The van der Waals surface area contributed by atoms with Gasteiger partial charge in [0.25, 0.3) is 0 Å². The van der Waals surface area contributed by atoms with E-state index in [2.05, 4.69) is 6.07 Å². The lowest BCUT2D eigenvalue weighted by Crippen LogP contribution is -2.00. The minimum absolute atomic E-state index is 0.377. The Balaban J connectivity index is 2.17. The van der Waals surface area contributed by atoms with E-state index in [0.29, 0.717) is 23.6 Å². The van der Waals surface area contributed by atoms with Crippen molar-refractivity contribution in [2.75, 3.05) is 12.8 Å². The fourth-order valence-corrected chi connectivity index (χ4v) is 2.10. The topological polar surface area (TPSA) is 68.3 Å². The van der Waals surface area contributed by atoms with Crippen molar-refractivity contribution in [3.63, 3.8) is 0 Å². The maximum absolute atomic E-state index is 9.08. The summed E-state index contributed by atoms with van der Waals surface area (Å²) in [7, 11) is 1.55. The molecule has 0 heterocycles. The Morgan fingerprint density at radius 3 is 2.52 bits per heavy atom. The van der Waals surface area contributed by atoms with E-state index in [1.54, 1.807) is 19.2 Å². The molecule has 2 aromatic carbocycles. The molecule has 2 N–H and O–H groups in total. The van der Waals surface area contributed by atoms with Gasteiger partial charge in [-0.05, 0) is 42.7 Å². The zero-order valence-electron chi connectivity index (χ0n) is 12.4. The van der Waals surface area contributed by atoms with Gasteiger partial charge in [-0.15, -0.1) is 0 Å². The molecule has 4 heteroatoms. The van der Waals surface area contributed by atoms with Gasteiger partial charge in [0.1, 0.15) is 24.2 Å². The monoisotopic (exact) mass is 282 g/mol. The number of nitrogens with zero attached hydrogens (tertiary/aromatic N) is 1. The summed E-state index contributed by atoms with van der Waals surface area (Å²) in [5.41, 5.74) is 10.1. The number of methoxy groups -OCH3 is 1. The largest absolute Gasteiger partial charge is 0.495 e. The quantitative estimate of drug-likeness (QED) is 0.873. The standard InChI is InChI=1S/C17H18N2O2/c1-11-6-12(2)17(8-15(11)19)21-10-13-4-5-16(20-3)14(7-13)9-18/h4-8H,10,19H2,1-3H3. The lowest BCUT2D eigenvalue weighted by atomic mass is 10.1. The highest BCUT2D eigenvalue weighted by Gasteiger charge is 2.07. The van der Waals surface area contributed by atoms with Crippen LogP contribution < -0.4 is 15.2 Å². The Kier molecular flexibility index (Phi) is 4.34. The van der Waals surface area contributed by atoms with Crippen LogP contribution in [0.2, 0.25) is 0 Å². The van der Waals surface area contributed by atoms with Crippen LogP contribution in [0, 0.1) is 25.2 Å². The third-order valence-corrected chi connectivity index (χ3v) is 3.34. The van der Waals surface area contributed by atoms with Gasteiger partial charge in [0, 0.05) is 11.8 Å². The van der Waals surface area contributed by atoms with Crippen molar-refractivity contribution in [3.8, 4) is 17.6 Å². The van der Waals surface area contributed by atoms with Crippen LogP contribution in [0.3, 0.4) is 0 Å². The number of nitrogen functional groups attached to an aromatic ring is 1. The molecule has 0 aromatic heterocycles. The molecule has 0 atom stereocenters. The number of aryl methyl sites for hydroxylation is 2. The summed E-state index contributed by atoms with van der Waals surface area (Å²) in [5, 5.41) is 9.08. The molecular formula is C17H18N2O2. The van der Waals surface area contributed by atoms with Gasteiger partial charge in [0.15, 0.2) is 0 Å². The highest BCUT2D eigenvalue weighted by Crippen LogP contribution is 2.26. The SMILES string of the molecule is COc1ccc(COc2cc(N)c(C)cc2C)cc1C#N. The molecular weight excluding hydrogens is 264 g/mol. The number of rotatable bonds is 4. The molecule has 2 aromatic rings.